The second-order valence-corrected chi connectivity index (χ2v) is 13.1. The highest BCUT2D eigenvalue weighted by Crippen LogP contribution is 2.43. The molecule has 4 heteroatoms. The van der Waals surface area contributed by atoms with Crippen LogP contribution in [-0.4, -0.2) is 6.71 Å². The van der Waals surface area contributed by atoms with Gasteiger partial charge in [-0.05, 0) is 141 Å². The molecule has 0 N–H and O–H groups in total. The Labute approximate surface area is 272 Å². The first-order valence-corrected chi connectivity index (χ1v) is 16.1. The summed E-state index contributed by atoms with van der Waals surface area (Å²) in [5, 5.41) is 0. The predicted molar refractivity (Wildman–Crippen MR) is 195 cm³/mol. The van der Waals surface area contributed by atoms with Gasteiger partial charge >= 0.3 is 0 Å². The lowest BCUT2D eigenvalue weighted by atomic mass is 9.34. The van der Waals surface area contributed by atoms with Gasteiger partial charge in [0.1, 0.15) is 11.5 Å². The molecule has 2 aliphatic heterocycles. The molecule has 0 saturated heterocycles. The normalized spacial score (nSPS) is 12.7. The summed E-state index contributed by atoms with van der Waals surface area (Å²) >= 11 is 0. The zero-order chi connectivity index (χ0) is 31.7. The summed E-state index contributed by atoms with van der Waals surface area (Å²) in [5.41, 5.74) is 18.2. The molecule has 0 fully saturated rings. The van der Waals surface area contributed by atoms with Crippen LogP contribution in [0.25, 0.3) is 0 Å². The van der Waals surface area contributed by atoms with Gasteiger partial charge in [-0.15, -0.1) is 0 Å². The Morgan fingerprint density at radius 3 is 1.80 bits per heavy atom. The monoisotopic (exact) mass is 596 g/mol. The van der Waals surface area contributed by atoms with Crippen molar-refractivity contribution >= 4 is 57.2 Å². The minimum Gasteiger partial charge on any atom is -0.458 e. The van der Waals surface area contributed by atoms with Crippen molar-refractivity contribution in [3.8, 4) is 11.5 Å². The quantitative estimate of drug-likeness (QED) is 0.188. The van der Waals surface area contributed by atoms with Gasteiger partial charge in [0.15, 0.2) is 0 Å². The average molecular weight is 597 g/mol. The molecule has 224 valence electrons. The van der Waals surface area contributed by atoms with Crippen molar-refractivity contribution in [2.24, 2.45) is 0 Å². The smallest absolute Gasteiger partial charge is 0.256 e. The second kappa shape index (κ2) is 10.7. The lowest BCUT2D eigenvalue weighted by Gasteiger charge is -2.40. The third-order valence-electron chi connectivity index (χ3n) is 9.88. The first-order valence-electron chi connectivity index (χ1n) is 16.1. The summed E-state index contributed by atoms with van der Waals surface area (Å²) in [6.07, 6.45) is 0. The van der Waals surface area contributed by atoms with E-state index in [1.807, 2.05) is 0 Å². The summed E-state index contributed by atoms with van der Waals surface area (Å²) in [7, 11) is 0. The fourth-order valence-electron chi connectivity index (χ4n) is 7.08. The molecule has 0 bridgehead atoms. The minimum atomic E-state index is 0.0669. The van der Waals surface area contributed by atoms with Crippen molar-refractivity contribution in [1.82, 2.24) is 0 Å². The van der Waals surface area contributed by atoms with E-state index in [-0.39, 0.29) is 6.71 Å². The fourth-order valence-corrected chi connectivity index (χ4v) is 7.08. The molecule has 0 saturated carbocycles. The number of hydrogen-bond donors (Lipinski definition) is 0. The molecule has 3 nitrogen and oxygen atoms in total. The minimum absolute atomic E-state index is 0.0669. The highest BCUT2D eigenvalue weighted by atomic mass is 16.5. The van der Waals surface area contributed by atoms with Crippen LogP contribution in [-0.2, 0) is 0 Å². The van der Waals surface area contributed by atoms with Crippen molar-refractivity contribution in [2.75, 3.05) is 9.80 Å². The SMILES string of the molecule is Cc1ccc(N2c3ccc(C)cc3B3c4ccc(N(c5ccc(C)c(C)c5)c5ccc(C)c(C)c5)cc4Oc4cccc2c43)cc1. The first kappa shape index (κ1) is 28.3. The highest BCUT2D eigenvalue weighted by molar-refractivity contribution is 6.99. The van der Waals surface area contributed by atoms with Gasteiger partial charge in [-0.3, -0.25) is 0 Å². The number of ether oxygens (including phenoxy) is 1. The van der Waals surface area contributed by atoms with E-state index in [9.17, 15) is 0 Å². The Hall–Kier alpha value is -5.22. The Morgan fingerprint density at radius 1 is 0.500 bits per heavy atom. The molecule has 0 spiro atoms. The summed E-state index contributed by atoms with van der Waals surface area (Å²) in [5.74, 6) is 1.82. The number of fused-ring (bicyclic) bond motifs is 4. The van der Waals surface area contributed by atoms with Gasteiger partial charge in [-0.1, -0.05) is 59.7 Å². The van der Waals surface area contributed by atoms with E-state index in [4.69, 9.17) is 4.74 Å². The van der Waals surface area contributed by atoms with Gasteiger partial charge < -0.3 is 14.5 Å². The molecular formula is C42H37BN2O. The van der Waals surface area contributed by atoms with Gasteiger partial charge in [0, 0.05) is 40.2 Å². The third kappa shape index (κ3) is 4.51. The Kier molecular flexibility index (Phi) is 6.58. The number of nitrogens with zero attached hydrogens (tertiary/aromatic N) is 2. The van der Waals surface area contributed by atoms with Crippen LogP contribution < -0.4 is 30.9 Å². The van der Waals surface area contributed by atoms with Gasteiger partial charge in [-0.25, -0.2) is 0 Å². The van der Waals surface area contributed by atoms with Crippen LogP contribution >= 0.6 is 0 Å². The number of anilines is 6. The zero-order valence-electron chi connectivity index (χ0n) is 27.3. The number of aryl methyl sites for hydroxylation is 6. The van der Waals surface area contributed by atoms with E-state index in [0.717, 1.165) is 34.2 Å². The molecule has 8 rings (SSSR count). The first-order chi connectivity index (χ1) is 22.3. The Bertz CT molecular complexity index is 2120. The molecule has 0 radical (unpaired) electrons. The maximum Gasteiger partial charge on any atom is 0.256 e. The molecule has 0 amide bonds. The lowest BCUT2D eigenvalue weighted by Crippen LogP contribution is -2.59. The third-order valence-corrected chi connectivity index (χ3v) is 9.88. The van der Waals surface area contributed by atoms with Crippen LogP contribution in [0.2, 0.25) is 0 Å². The summed E-state index contributed by atoms with van der Waals surface area (Å²) in [4.78, 5) is 4.75. The van der Waals surface area contributed by atoms with E-state index in [0.29, 0.717) is 0 Å². The van der Waals surface area contributed by atoms with Crippen LogP contribution in [0.5, 0.6) is 11.5 Å². The van der Waals surface area contributed by atoms with Crippen LogP contribution in [0.4, 0.5) is 34.1 Å². The van der Waals surface area contributed by atoms with E-state index >= 15 is 0 Å². The number of benzene rings is 6. The van der Waals surface area contributed by atoms with Crippen molar-refractivity contribution in [3.05, 3.63) is 149 Å². The van der Waals surface area contributed by atoms with Gasteiger partial charge in [0.2, 0.25) is 0 Å². The molecule has 2 heterocycles. The van der Waals surface area contributed by atoms with Crippen LogP contribution in [0.1, 0.15) is 33.4 Å². The molecule has 0 aromatic heterocycles. The van der Waals surface area contributed by atoms with Crippen LogP contribution in [0.15, 0.2) is 115 Å². The van der Waals surface area contributed by atoms with Gasteiger partial charge in [0.05, 0.1) is 0 Å². The zero-order valence-corrected chi connectivity index (χ0v) is 27.3. The highest BCUT2D eigenvalue weighted by Gasteiger charge is 2.41. The van der Waals surface area contributed by atoms with Crippen molar-refractivity contribution in [3.63, 3.8) is 0 Å². The van der Waals surface area contributed by atoms with Gasteiger partial charge in [-0.2, -0.15) is 0 Å². The van der Waals surface area contributed by atoms with E-state index in [2.05, 4.69) is 167 Å². The largest absolute Gasteiger partial charge is 0.458 e. The molecule has 46 heavy (non-hydrogen) atoms. The summed E-state index contributed by atoms with van der Waals surface area (Å²) < 4.78 is 6.87. The topological polar surface area (TPSA) is 15.7 Å². The second-order valence-electron chi connectivity index (χ2n) is 13.1. The summed E-state index contributed by atoms with van der Waals surface area (Å²) in [6, 6.07) is 42.4. The van der Waals surface area contributed by atoms with Crippen molar-refractivity contribution < 1.29 is 4.74 Å². The average Bonchev–Trinajstić information content (AvgIpc) is 3.05. The molecule has 0 atom stereocenters. The number of rotatable bonds is 4. The molecule has 2 aliphatic rings. The van der Waals surface area contributed by atoms with Crippen LogP contribution in [0.3, 0.4) is 0 Å². The Morgan fingerprint density at radius 2 is 1.13 bits per heavy atom. The van der Waals surface area contributed by atoms with Crippen LogP contribution in [0, 0.1) is 41.5 Å². The van der Waals surface area contributed by atoms with E-state index in [1.54, 1.807) is 0 Å². The molecule has 0 aliphatic carbocycles. The lowest BCUT2D eigenvalue weighted by molar-refractivity contribution is 0.487. The number of hydrogen-bond acceptors (Lipinski definition) is 3. The maximum absolute atomic E-state index is 6.87. The van der Waals surface area contributed by atoms with E-state index in [1.165, 1.54) is 61.1 Å². The molecule has 6 aromatic carbocycles. The summed E-state index contributed by atoms with van der Waals surface area (Å²) in [6.45, 7) is 13.1. The molecular weight excluding hydrogens is 559 g/mol. The van der Waals surface area contributed by atoms with Gasteiger partial charge in [0.25, 0.3) is 6.71 Å². The molecule has 0 unspecified atom stereocenters. The standard InChI is InChI=1S/C42H37BN2O/c1-26-10-15-32(16-11-26)45-38-21-12-27(2)22-37(38)43-36-20-19-35(25-41(36)46-40-9-7-8-39(45)42(40)43)44(33-17-13-28(3)30(5)23-33)34-18-14-29(4)31(6)24-34/h7-25H,1-6H3. The van der Waals surface area contributed by atoms with E-state index < -0.39 is 0 Å². The predicted octanol–water partition coefficient (Wildman–Crippen LogP) is 9.41. The van der Waals surface area contributed by atoms with Crippen molar-refractivity contribution in [2.45, 2.75) is 41.5 Å². The maximum atomic E-state index is 6.87. The van der Waals surface area contributed by atoms with Crippen molar-refractivity contribution in [1.29, 1.82) is 0 Å². The fraction of sp³-hybridized carbons (Fsp3) is 0.143. The Balaban J connectivity index is 1.31. The molecule has 6 aromatic rings.